The first-order chi connectivity index (χ1) is 9.81. The molecule has 0 amide bonds. The molecule has 0 spiro atoms. The van der Waals surface area contributed by atoms with Gasteiger partial charge in [-0.15, -0.1) is 0 Å². The maximum absolute atomic E-state index is 10.1. The summed E-state index contributed by atoms with van der Waals surface area (Å²) in [6.07, 6.45) is 3.01. The van der Waals surface area contributed by atoms with E-state index >= 15 is 0 Å². The topological polar surface area (TPSA) is 123 Å². The zero-order chi connectivity index (χ0) is 16.0. The predicted octanol–water partition coefficient (Wildman–Crippen LogP) is 1.96. The summed E-state index contributed by atoms with van der Waals surface area (Å²) in [5.74, 6) is 0.320. The number of hydrogen-bond donors (Lipinski definition) is 5. The average Bonchev–Trinajstić information content (AvgIpc) is 2.37. The number of nitrogens with one attached hydrogen (secondary N) is 2. The van der Waals surface area contributed by atoms with Gasteiger partial charge in [0.2, 0.25) is 0 Å². The lowest BCUT2D eigenvalue weighted by Gasteiger charge is -2.20. The molecule has 116 valence electrons. The lowest BCUT2D eigenvalue weighted by Crippen LogP contribution is -2.44. The Balaban J connectivity index is 2.73. The summed E-state index contributed by atoms with van der Waals surface area (Å²) < 4.78 is 0. The number of nitrogens with zero attached hydrogens (tertiary/aromatic N) is 1. The van der Waals surface area contributed by atoms with Crippen LogP contribution in [0.4, 0.5) is 0 Å². The van der Waals surface area contributed by atoms with E-state index in [4.69, 9.17) is 22.3 Å². The zero-order valence-corrected chi connectivity index (χ0v) is 12.7. The molecule has 0 aliphatic rings. The van der Waals surface area contributed by atoms with Crippen LogP contribution in [0, 0.1) is 16.7 Å². The molecule has 0 unspecified atom stereocenters. The van der Waals surface area contributed by atoms with Crippen LogP contribution in [-0.2, 0) is 13.0 Å². The molecule has 0 radical (unpaired) electrons. The van der Waals surface area contributed by atoms with Gasteiger partial charge in [0.25, 0.3) is 0 Å². The number of phenolic OH excluding ortho intramolecular Hbond substituents is 1. The molecule has 0 saturated heterocycles. The second-order valence-electron chi connectivity index (χ2n) is 5.61. The van der Waals surface area contributed by atoms with Crippen molar-refractivity contribution < 1.29 is 5.11 Å². The molecule has 0 heterocycles. The van der Waals surface area contributed by atoms with Gasteiger partial charge >= 0.3 is 0 Å². The highest BCUT2D eigenvalue weighted by Gasteiger charge is 2.12. The summed E-state index contributed by atoms with van der Waals surface area (Å²) in [6, 6.07) is 5.39. The van der Waals surface area contributed by atoms with Crippen LogP contribution in [-0.4, -0.2) is 21.9 Å². The number of rotatable bonds is 6. The van der Waals surface area contributed by atoms with Gasteiger partial charge in [0.15, 0.2) is 11.9 Å². The Labute approximate surface area is 125 Å². The molecule has 1 rings (SSSR count). The van der Waals surface area contributed by atoms with Crippen LogP contribution in [0.5, 0.6) is 5.75 Å². The Bertz CT molecular complexity index is 499. The molecule has 1 aromatic rings. The number of guanidine groups is 2. The molecule has 0 aliphatic carbocycles. The van der Waals surface area contributed by atoms with Gasteiger partial charge in [-0.05, 0) is 36.0 Å². The Morgan fingerprint density at radius 2 is 1.86 bits per heavy atom. The van der Waals surface area contributed by atoms with Crippen molar-refractivity contribution in [1.29, 1.82) is 10.8 Å². The Kier molecular flexibility index (Phi) is 6.02. The van der Waals surface area contributed by atoms with Crippen LogP contribution in [0.2, 0.25) is 0 Å². The summed E-state index contributed by atoms with van der Waals surface area (Å²) in [5, 5.41) is 24.8. The van der Waals surface area contributed by atoms with E-state index in [1.54, 1.807) is 6.07 Å². The molecule has 0 aliphatic heterocycles. The minimum absolute atomic E-state index is 0.199. The van der Waals surface area contributed by atoms with Gasteiger partial charge in [0.05, 0.1) is 6.54 Å². The minimum atomic E-state index is -0.289. The molecule has 1 aromatic carbocycles. The molecular weight excluding hydrogens is 266 g/mol. The fraction of sp³-hybridized carbons (Fsp3) is 0.467. The molecule has 0 aromatic heterocycles. The average molecular weight is 291 g/mol. The number of aromatic hydroxyl groups is 1. The van der Waals surface area contributed by atoms with E-state index in [0.29, 0.717) is 5.92 Å². The summed E-state index contributed by atoms with van der Waals surface area (Å²) >= 11 is 0. The summed E-state index contributed by atoms with van der Waals surface area (Å²) in [6.45, 7) is 4.56. The van der Waals surface area contributed by atoms with Crippen molar-refractivity contribution >= 4 is 11.9 Å². The zero-order valence-electron chi connectivity index (χ0n) is 12.7. The smallest absolute Gasteiger partial charge is 0.195 e. The van der Waals surface area contributed by atoms with Crippen LogP contribution in [0.15, 0.2) is 18.2 Å². The van der Waals surface area contributed by atoms with Crippen molar-refractivity contribution in [2.75, 3.05) is 0 Å². The van der Waals surface area contributed by atoms with Crippen molar-refractivity contribution in [3.63, 3.8) is 0 Å². The SMILES string of the molecule is CC(C)CCCc1ccc(CN(C(=N)N)C(=N)N)cc1O. The Hall–Kier alpha value is -2.24. The van der Waals surface area contributed by atoms with Crippen molar-refractivity contribution in [2.24, 2.45) is 17.4 Å². The predicted molar refractivity (Wildman–Crippen MR) is 85.3 cm³/mol. The van der Waals surface area contributed by atoms with Crippen molar-refractivity contribution in [3.05, 3.63) is 29.3 Å². The quantitative estimate of drug-likeness (QED) is 0.406. The van der Waals surface area contributed by atoms with Crippen molar-refractivity contribution in [3.8, 4) is 5.75 Å². The number of aryl methyl sites for hydroxylation is 1. The number of phenols is 1. The lowest BCUT2D eigenvalue weighted by atomic mass is 10.0. The Morgan fingerprint density at radius 3 is 2.33 bits per heavy atom. The van der Waals surface area contributed by atoms with Crippen LogP contribution < -0.4 is 11.5 Å². The molecule has 0 bridgehead atoms. The van der Waals surface area contributed by atoms with E-state index in [1.807, 2.05) is 12.1 Å². The molecule has 7 N–H and O–H groups in total. The highest BCUT2D eigenvalue weighted by Crippen LogP contribution is 2.22. The van der Waals surface area contributed by atoms with E-state index < -0.39 is 0 Å². The third-order valence-electron chi connectivity index (χ3n) is 3.30. The van der Waals surface area contributed by atoms with E-state index in [9.17, 15) is 5.11 Å². The van der Waals surface area contributed by atoms with Gasteiger partial charge in [0, 0.05) is 0 Å². The second-order valence-corrected chi connectivity index (χ2v) is 5.61. The highest BCUT2D eigenvalue weighted by molar-refractivity contribution is 5.94. The van der Waals surface area contributed by atoms with Gasteiger partial charge in [-0.1, -0.05) is 32.4 Å². The highest BCUT2D eigenvalue weighted by atomic mass is 16.3. The maximum atomic E-state index is 10.1. The van der Waals surface area contributed by atoms with Gasteiger partial charge in [-0.3, -0.25) is 15.7 Å². The van der Waals surface area contributed by atoms with E-state index in [1.165, 1.54) is 0 Å². The van der Waals surface area contributed by atoms with Gasteiger partial charge in [-0.2, -0.15) is 0 Å². The number of hydrogen-bond acceptors (Lipinski definition) is 3. The summed E-state index contributed by atoms with van der Waals surface area (Å²) in [7, 11) is 0. The molecule has 6 heteroatoms. The molecule has 6 nitrogen and oxygen atoms in total. The van der Waals surface area contributed by atoms with E-state index in [0.717, 1.165) is 35.3 Å². The van der Waals surface area contributed by atoms with Crippen LogP contribution in [0.1, 0.15) is 37.8 Å². The molecule has 0 saturated carbocycles. The van der Waals surface area contributed by atoms with E-state index in [2.05, 4.69) is 13.8 Å². The van der Waals surface area contributed by atoms with Gasteiger partial charge < -0.3 is 16.6 Å². The van der Waals surface area contributed by atoms with E-state index in [-0.39, 0.29) is 24.2 Å². The maximum Gasteiger partial charge on any atom is 0.195 e. The first-order valence-corrected chi connectivity index (χ1v) is 7.07. The van der Waals surface area contributed by atoms with Crippen molar-refractivity contribution in [2.45, 2.75) is 39.7 Å². The standard InChI is InChI=1S/C15H25N5O/c1-10(2)4-3-5-12-7-6-11(8-13(12)21)9-20(14(16)17)15(18)19/h6-8,10,21H,3-5,9H2,1-2H3,(H3,16,17)(H3,18,19). The normalized spacial score (nSPS) is 10.6. The first kappa shape index (κ1) is 16.8. The third-order valence-corrected chi connectivity index (χ3v) is 3.30. The molecule has 0 fully saturated rings. The minimum Gasteiger partial charge on any atom is -0.508 e. The fourth-order valence-corrected chi connectivity index (χ4v) is 2.10. The summed E-state index contributed by atoms with van der Waals surface area (Å²) in [4.78, 5) is 1.16. The number of benzene rings is 1. The Morgan fingerprint density at radius 1 is 1.24 bits per heavy atom. The van der Waals surface area contributed by atoms with Gasteiger partial charge in [-0.25, -0.2) is 0 Å². The molecule has 0 atom stereocenters. The van der Waals surface area contributed by atoms with Crippen LogP contribution in [0.25, 0.3) is 0 Å². The fourth-order valence-electron chi connectivity index (χ4n) is 2.10. The third kappa shape index (κ3) is 5.33. The first-order valence-electron chi connectivity index (χ1n) is 7.07. The van der Waals surface area contributed by atoms with Crippen LogP contribution >= 0.6 is 0 Å². The largest absolute Gasteiger partial charge is 0.508 e. The molecular formula is C15H25N5O. The lowest BCUT2D eigenvalue weighted by molar-refractivity contribution is 0.461. The van der Waals surface area contributed by atoms with Gasteiger partial charge in [0.1, 0.15) is 5.75 Å². The molecule has 21 heavy (non-hydrogen) atoms. The summed E-state index contributed by atoms with van der Waals surface area (Å²) in [5.41, 5.74) is 12.4. The van der Waals surface area contributed by atoms with Crippen molar-refractivity contribution in [1.82, 2.24) is 4.90 Å². The monoisotopic (exact) mass is 291 g/mol. The number of nitrogens with two attached hydrogens (primary N) is 2. The second kappa shape index (κ2) is 7.52. The van der Waals surface area contributed by atoms with Crippen LogP contribution in [0.3, 0.4) is 0 Å².